The molecule has 172 valence electrons. The lowest BCUT2D eigenvalue weighted by Gasteiger charge is -2.22. The van der Waals surface area contributed by atoms with E-state index in [0.717, 1.165) is 45.0 Å². The third-order valence-electron chi connectivity index (χ3n) is 5.10. The maximum absolute atomic E-state index is 6.06. The summed E-state index contributed by atoms with van der Waals surface area (Å²) in [6.45, 7) is 10.2. The Morgan fingerprint density at radius 3 is 2.71 bits per heavy atom. The van der Waals surface area contributed by atoms with Crippen LogP contribution in [-0.2, 0) is 29.0 Å². The van der Waals surface area contributed by atoms with Gasteiger partial charge in [0.1, 0.15) is 0 Å². The molecule has 3 rings (SSSR count). The van der Waals surface area contributed by atoms with Gasteiger partial charge in [0.25, 0.3) is 0 Å². The molecule has 0 spiro atoms. The van der Waals surface area contributed by atoms with E-state index >= 15 is 0 Å². The second kappa shape index (κ2) is 14.1. The molecule has 0 amide bonds. The summed E-state index contributed by atoms with van der Waals surface area (Å²) >= 11 is 1.86. The fraction of sp³-hybridized carbons (Fsp3) is 0.542. The Labute approximate surface area is 208 Å². The van der Waals surface area contributed by atoms with Gasteiger partial charge in [-0.15, -0.1) is 35.3 Å². The maximum atomic E-state index is 6.06. The molecule has 1 aliphatic heterocycles. The summed E-state index contributed by atoms with van der Waals surface area (Å²) < 4.78 is 11.5. The van der Waals surface area contributed by atoms with Crippen molar-refractivity contribution in [2.24, 2.45) is 4.99 Å². The number of ether oxygens (including phenoxy) is 2. The largest absolute Gasteiger partial charge is 0.381 e. The molecule has 31 heavy (non-hydrogen) atoms. The van der Waals surface area contributed by atoms with E-state index < -0.39 is 0 Å². The molecular weight excluding hydrogens is 521 g/mol. The third kappa shape index (κ3) is 9.47. The van der Waals surface area contributed by atoms with E-state index in [1.165, 1.54) is 20.9 Å². The van der Waals surface area contributed by atoms with E-state index in [1.54, 1.807) is 0 Å². The number of hydrogen-bond donors (Lipinski definition) is 2. The number of aryl methyl sites for hydroxylation is 1. The van der Waals surface area contributed by atoms with Crippen molar-refractivity contribution in [3.05, 3.63) is 57.3 Å². The number of nitrogens with zero attached hydrogens (tertiary/aromatic N) is 1. The van der Waals surface area contributed by atoms with Crippen molar-refractivity contribution in [1.29, 1.82) is 0 Å². The van der Waals surface area contributed by atoms with E-state index in [9.17, 15) is 0 Å². The number of benzene rings is 1. The highest BCUT2D eigenvalue weighted by atomic mass is 127. The zero-order chi connectivity index (χ0) is 21.2. The second-order valence-electron chi connectivity index (χ2n) is 7.90. The Kier molecular flexibility index (Phi) is 11.9. The second-order valence-corrected chi connectivity index (χ2v) is 9.27. The van der Waals surface area contributed by atoms with Crippen LogP contribution in [0.25, 0.3) is 0 Å². The van der Waals surface area contributed by atoms with Crippen molar-refractivity contribution in [1.82, 2.24) is 10.6 Å². The van der Waals surface area contributed by atoms with E-state index in [4.69, 9.17) is 14.5 Å². The van der Waals surface area contributed by atoms with Gasteiger partial charge >= 0.3 is 0 Å². The lowest BCUT2D eigenvalue weighted by Crippen LogP contribution is -2.43. The zero-order valence-electron chi connectivity index (χ0n) is 18.9. The minimum atomic E-state index is 0. The van der Waals surface area contributed by atoms with E-state index in [-0.39, 0.29) is 24.0 Å². The van der Waals surface area contributed by atoms with Gasteiger partial charge in [-0.1, -0.05) is 24.3 Å². The molecule has 1 aliphatic rings. The van der Waals surface area contributed by atoms with Crippen LogP contribution in [0.2, 0.25) is 0 Å². The van der Waals surface area contributed by atoms with Gasteiger partial charge in [0.15, 0.2) is 5.96 Å². The number of halogens is 1. The SMILES string of the molecule is CCNC(=NCc1cccc(COC2CCOCC2)c1)NC(C)Cc1ccc(C)s1.I. The normalized spacial score (nSPS) is 15.9. The summed E-state index contributed by atoms with van der Waals surface area (Å²) in [4.78, 5) is 7.57. The van der Waals surface area contributed by atoms with Crippen LogP contribution < -0.4 is 10.6 Å². The van der Waals surface area contributed by atoms with Gasteiger partial charge in [-0.2, -0.15) is 0 Å². The number of rotatable bonds is 9. The van der Waals surface area contributed by atoms with Crippen LogP contribution in [0.5, 0.6) is 0 Å². The van der Waals surface area contributed by atoms with Crippen molar-refractivity contribution in [3.63, 3.8) is 0 Å². The molecule has 0 saturated carbocycles. The summed E-state index contributed by atoms with van der Waals surface area (Å²) in [6.07, 6.45) is 3.30. The fourth-order valence-electron chi connectivity index (χ4n) is 3.55. The van der Waals surface area contributed by atoms with Gasteiger partial charge in [-0.05, 0) is 56.9 Å². The molecule has 1 unspecified atom stereocenters. The zero-order valence-corrected chi connectivity index (χ0v) is 22.0. The Bertz CT molecular complexity index is 806. The summed E-state index contributed by atoms with van der Waals surface area (Å²) in [5, 5.41) is 6.90. The first kappa shape index (κ1) is 26.1. The van der Waals surface area contributed by atoms with Crippen LogP contribution in [-0.4, -0.2) is 37.9 Å². The fourth-order valence-corrected chi connectivity index (χ4v) is 4.56. The van der Waals surface area contributed by atoms with Crippen molar-refractivity contribution < 1.29 is 9.47 Å². The molecule has 2 N–H and O–H groups in total. The van der Waals surface area contributed by atoms with Crippen molar-refractivity contribution in [2.75, 3.05) is 19.8 Å². The van der Waals surface area contributed by atoms with Gasteiger partial charge < -0.3 is 20.1 Å². The molecular formula is C24H36IN3O2S. The molecule has 1 saturated heterocycles. The highest BCUT2D eigenvalue weighted by Gasteiger charge is 2.14. The Morgan fingerprint density at radius 1 is 1.23 bits per heavy atom. The summed E-state index contributed by atoms with van der Waals surface area (Å²) in [5.41, 5.74) is 2.40. The average molecular weight is 558 g/mol. The summed E-state index contributed by atoms with van der Waals surface area (Å²) in [5.74, 6) is 0.863. The summed E-state index contributed by atoms with van der Waals surface area (Å²) in [7, 11) is 0. The van der Waals surface area contributed by atoms with Crippen molar-refractivity contribution in [3.8, 4) is 0 Å². The van der Waals surface area contributed by atoms with Crippen molar-refractivity contribution in [2.45, 2.75) is 65.3 Å². The van der Waals surface area contributed by atoms with Gasteiger partial charge in [-0.3, -0.25) is 0 Å². The first-order valence-electron chi connectivity index (χ1n) is 11.0. The van der Waals surface area contributed by atoms with Gasteiger partial charge in [0.2, 0.25) is 0 Å². The highest BCUT2D eigenvalue weighted by molar-refractivity contribution is 14.0. The minimum absolute atomic E-state index is 0. The van der Waals surface area contributed by atoms with Gasteiger partial charge in [-0.25, -0.2) is 4.99 Å². The number of aliphatic imine (C=N–C) groups is 1. The Balaban J connectivity index is 0.00000341. The van der Waals surface area contributed by atoms with Crippen LogP contribution in [0.15, 0.2) is 41.4 Å². The quantitative estimate of drug-likeness (QED) is 0.257. The molecule has 1 aromatic heterocycles. The van der Waals surface area contributed by atoms with Crippen LogP contribution in [0.3, 0.4) is 0 Å². The standard InChI is InChI=1S/C24H35N3O2S.HI/c1-4-25-24(27-18(2)14-23-9-8-19(3)30-23)26-16-20-6-5-7-21(15-20)17-29-22-10-12-28-13-11-22;/h5-9,15,18,22H,4,10-14,16-17H2,1-3H3,(H2,25,26,27);1H. The first-order chi connectivity index (χ1) is 14.6. The van der Waals surface area contributed by atoms with E-state index in [2.05, 4.69) is 67.8 Å². The van der Waals surface area contributed by atoms with Crippen LogP contribution in [0.4, 0.5) is 0 Å². The van der Waals surface area contributed by atoms with Crippen LogP contribution in [0, 0.1) is 6.92 Å². The molecule has 5 nitrogen and oxygen atoms in total. The summed E-state index contributed by atoms with van der Waals surface area (Å²) in [6, 6.07) is 13.3. The number of nitrogens with one attached hydrogen (secondary N) is 2. The average Bonchev–Trinajstić information content (AvgIpc) is 3.16. The third-order valence-corrected chi connectivity index (χ3v) is 6.12. The molecule has 0 aliphatic carbocycles. The lowest BCUT2D eigenvalue weighted by atomic mass is 10.1. The molecule has 1 atom stereocenters. The minimum Gasteiger partial charge on any atom is -0.381 e. The van der Waals surface area contributed by atoms with Crippen LogP contribution >= 0.6 is 35.3 Å². The van der Waals surface area contributed by atoms with Gasteiger partial charge in [0, 0.05) is 42.0 Å². The Morgan fingerprint density at radius 2 is 2.00 bits per heavy atom. The topological polar surface area (TPSA) is 54.9 Å². The monoisotopic (exact) mass is 557 g/mol. The first-order valence-corrected chi connectivity index (χ1v) is 11.8. The van der Waals surface area contributed by atoms with Crippen molar-refractivity contribution >= 4 is 41.3 Å². The predicted molar refractivity (Wildman–Crippen MR) is 141 cm³/mol. The predicted octanol–water partition coefficient (Wildman–Crippen LogP) is 5.06. The van der Waals surface area contributed by atoms with Gasteiger partial charge in [0.05, 0.1) is 19.3 Å². The maximum Gasteiger partial charge on any atom is 0.191 e. The highest BCUT2D eigenvalue weighted by Crippen LogP contribution is 2.17. The molecule has 2 heterocycles. The number of hydrogen-bond acceptors (Lipinski definition) is 4. The molecule has 1 aromatic carbocycles. The number of thiophene rings is 1. The molecule has 2 aromatic rings. The van der Waals surface area contributed by atoms with E-state index in [1.807, 2.05) is 11.3 Å². The van der Waals surface area contributed by atoms with E-state index in [0.29, 0.717) is 25.3 Å². The lowest BCUT2D eigenvalue weighted by molar-refractivity contribution is -0.0390. The molecule has 7 heteroatoms. The Hall–Kier alpha value is -1.16. The molecule has 1 fully saturated rings. The van der Waals surface area contributed by atoms with Crippen LogP contribution in [0.1, 0.15) is 47.6 Å². The number of guanidine groups is 1. The molecule has 0 bridgehead atoms. The smallest absolute Gasteiger partial charge is 0.191 e. The molecule has 0 radical (unpaired) electrons.